The summed E-state index contributed by atoms with van der Waals surface area (Å²) in [5.74, 6) is -1.68. The molecule has 2 amide bonds. The lowest BCUT2D eigenvalue weighted by atomic mass is 10.1. The van der Waals surface area contributed by atoms with Crippen molar-refractivity contribution in [1.82, 2.24) is 5.43 Å². The van der Waals surface area contributed by atoms with E-state index in [9.17, 15) is 14.4 Å². The third-order valence-corrected chi connectivity index (χ3v) is 5.52. The molecule has 0 atom stereocenters. The van der Waals surface area contributed by atoms with Crippen LogP contribution in [0.4, 0.5) is 5.69 Å². The quantitative estimate of drug-likeness (QED) is 0.168. The molecule has 2 aromatic carbocycles. The molecule has 2 N–H and O–H groups in total. The first kappa shape index (κ1) is 23.2. The van der Waals surface area contributed by atoms with Crippen molar-refractivity contribution in [2.45, 2.75) is 6.92 Å². The molecular weight excluding hydrogens is 498 g/mol. The van der Waals surface area contributed by atoms with Crippen molar-refractivity contribution in [3.63, 3.8) is 0 Å². The fourth-order valence-electron chi connectivity index (χ4n) is 2.49. The number of thiophene rings is 1. The van der Waals surface area contributed by atoms with E-state index < -0.39 is 17.8 Å². The maximum Gasteiger partial charge on any atom is 0.353 e. The predicted octanol–water partition coefficient (Wildman–Crippen LogP) is 4.22. The molecule has 164 valence electrons. The van der Waals surface area contributed by atoms with Crippen LogP contribution in [0.15, 0.2) is 69.6 Å². The number of anilines is 1. The van der Waals surface area contributed by atoms with E-state index in [2.05, 4.69) is 31.8 Å². The van der Waals surface area contributed by atoms with Gasteiger partial charge in [-0.15, -0.1) is 11.3 Å². The van der Waals surface area contributed by atoms with E-state index in [-0.39, 0.29) is 5.75 Å². The summed E-state index contributed by atoms with van der Waals surface area (Å²) in [7, 11) is 1.45. The van der Waals surface area contributed by atoms with E-state index in [4.69, 9.17) is 9.47 Å². The Morgan fingerprint density at radius 2 is 1.75 bits per heavy atom. The molecule has 0 bridgehead atoms. The molecule has 10 heteroatoms. The Labute approximate surface area is 196 Å². The van der Waals surface area contributed by atoms with Crippen molar-refractivity contribution < 1.29 is 23.9 Å². The standard InChI is InChI=1S/C22H18BrN3O5S/c1-13(25-26-21(28)20(27)24-16-8-6-15(23)7-9-16)14-5-10-17(18(12-14)30-2)31-22(29)19-4-3-11-32-19/h3-12H,1-2H3,(H,24,27)(H,26,28)/b25-13+. The maximum absolute atomic E-state index is 12.2. The molecule has 0 saturated carbocycles. The molecule has 0 unspecified atom stereocenters. The Bertz CT molecular complexity index is 1160. The molecule has 0 saturated heterocycles. The second-order valence-electron chi connectivity index (χ2n) is 6.33. The van der Waals surface area contributed by atoms with Gasteiger partial charge in [0.05, 0.1) is 12.8 Å². The molecule has 1 heterocycles. The summed E-state index contributed by atoms with van der Waals surface area (Å²) >= 11 is 4.57. The minimum absolute atomic E-state index is 0.250. The summed E-state index contributed by atoms with van der Waals surface area (Å²) in [5, 5.41) is 8.23. The topological polar surface area (TPSA) is 106 Å². The predicted molar refractivity (Wildman–Crippen MR) is 125 cm³/mol. The minimum Gasteiger partial charge on any atom is -0.493 e. The van der Waals surface area contributed by atoms with Crippen molar-refractivity contribution in [1.29, 1.82) is 0 Å². The van der Waals surface area contributed by atoms with Crippen LogP contribution >= 0.6 is 27.3 Å². The molecule has 3 rings (SSSR count). The van der Waals surface area contributed by atoms with Gasteiger partial charge in [-0.3, -0.25) is 9.59 Å². The van der Waals surface area contributed by atoms with Gasteiger partial charge in [0.15, 0.2) is 11.5 Å². The normalized spacial score (nSPS) is 10.9. The highest BCUT2D eigenvalue weighted by Crippen LogP contribution is 2.29. The van der Waals surface area contributed by atoms with Crippen LogP contribution in [0.25, 0.3) is 0 Å². The number of hydrogen-bond donors (Lipinski definition) is 2. The molecule has 0 radical (unpaired) electrons. The Balaban J connectivity index is 1.64. The first-order valence-corrected chi connectivity index (χ1v) is 10.9. The molecule has 3 aromatic rings. The zero-order chi connectivity index (χ0) is 23.1. The van der Waals surface area contributed by atoms with Crippen molar-refractivity contribution in [3.05, 3.63) is 74.9 Å². The van der Waals surface area contributed by atoms with Crippen LogP contribution in [0.1, 0.15) is 22.2 Å². The molecule has 32 heavy (non-hydrogen) atoms. The number of nitrogens with zero attached hydrogens (tertiary/aromatic N) is 1. The van der Waals surface area contributed by atoms with E-state index in [1.807, 2.05) is 0 Å². The monoisotopic (exact) mass is 515 g/mol. The number of methoxy groups -OCH3 is 1. The number of ether oxygens (including phenoxy) is 2. The average Bonchev–Trinajstić information content (AvgIpc) is 3.34. The first-order chi connectivity index (χ1) is 15.4. The van der Waals surface area contributed by atoms with Gasteiger partial charge in [0.2, 0.25) is 0 Å². The summed E-state index contributed by atoms with van der Waals surface area (Å²) in [6, 6.07) is 15.1. The second-order valence-corrected chi connectivity index (χ2v) is 8.19. The fraction of sp³-hybridized carbons (Fsp3) is 0.0909. The van der Waals surface area contributed by atoms with Gasteiger partial charge in [-0.1, -0.05) is 22.0 Å². The third-order valence-electron chi connectivity index (χ3n) is 4.14. The van der Waals surface area contributed by atoms with Gasteiger partial charge < -0.3 is 14.8 Å². The Morgan fingerprint density at radius 3 is 2.41 bits per heavy atom. The lowest BCUT2D eigenvalue weighted by molar-refractivity contribution is -0.136. The van der Waals surface area contributed by atoms with Crippen LogP contribution in [0.3, 0.4) is 0 Å². The van der Waals surface area contributed by atoms with Crippen LogP contribution in [-0.4, -0.2) is 30.6 Å². The summed E-state index contributed by atoms with van der Waals surface area (Å²) < 4.78 is 11.5. The van der Waals surface area contributed by atoms with Crippen molar-refractivity contribution in [2.24, 2.45) is 5.10 Å². The summed E-state index contributed by atoms with van der Waals surface area (Å²) in [6.45, 7) is 1.65. The molecule has 0 fully saturated rings. The highest BCUT2D eigenvalue weighted by Gasteiger charge is 2.16. The summed E-state index contributed by atoms with van der Waals surface area (Å²) in [6.07, 6.45) is 0. The number of benzene rings is 2. The van der Waals surface area contributed by atoms with Gasteiger partial charge in [0, 0.05) is 15.7 Å². The van der Waals surface area contributed by atoms with E-state index in [0.29, 0.717) is 27.6 Å². The van der Waals surface area contributed by atoms with Gasteiger partial charge in [0.25, 0.3) is 0 Å². The molecule has 8 nitrogen and oxygen atoms in total. The second kappa shape index (κ2) is 10.7. The zero-order valence-corrected chi connectivity index (χ0v) is 19.5. The molecular formula is C22H18BrN3O5S. The molecule has 0 spiro atoms. The molecule has 0 aliphatic carbocycles. The van der Waals surface area contributed by atoms with Crippen LogP contribution in [-0.2, 0) is 9.59 Å². The van der Waals surface area contributed by atoms with Crippen molar-refractivity contribution in [3.8, 4) is 11.5 Å². The zero-order valence-electron chi connectivity index (χ0n) is 17.0. The number of carbonyl (C=O) groups excluding carboxylic acids is 3. The van der Waals surface area contributed by atoms with Crippen LogP contribution < -0.4 is 20.2 Å². The van der Waals surface area contributed by atoms with Gasteiger partial charge >= 0.3 is 17.8 Å². The number of hydrogen-bond acceptors (Lipinski definition) is 7. The average molecular weight is 516 g/mol. The van der Waals surface area contributed by atoms with Gasteiger partial charge in [-0.25, -0.2) is 10.2 Å². The fourth-order valence-corrected chi connectivity index (χ4v) is 3.36. The summed E-state index contributed by atoms with van der Waals surface area (Å²) in [4.78, 5) is 36.7. The lowest BCUT2D eigenvalue weighted by Crippen LogP contribution is -2.32. The van der Waals surface area contributed by atoms with Crippen LogP contribution in [0, 0.1) is 0 Å². The SMILES string of the molecule is COc1cc(/C(C)=N/NC(=O)C(=O)Nc2ccc(Br)cc2)ccc1OC(=O)c1cccs1. The van der Waals surface area contributed by atoms with E-state index >= 15 is 0 Å². The molecule has 0 aliphatic rings. The Kier molecular flexibility index (Phi) is 7.74. The van der Waals surface area contributed by atoms with Crippen molar-refractivity contribution in [2.75, 3.05) is 12.4 Å². The lowest BCUT2D eigenvalue weighted by Gasteiger charge is -2.11. The van der Waals surface area contributed by atoms with Crippen LogP contribution in [0.5, 0.6) is 11.5 Å². The van der Waals surface area contributed by atoms with Crippen LogP contribution in [0.2, 0.25) is 0 Å². The van der Waals surface area contributed by atoms with Crippen molar-refractivity contribution >= 4 is 56.4 Å². The van der Waals surface area contributed by atoms with Gasteiger partial charge in [0.1, 0.15) is 4.88 Å². The number of amides is 2. The number of halogens is 1. The van der Waals surface area contributed by atoms with Gasteiger partial charge in [-0.2, -0.15) is 5.10 Å². The number of nitrogens with one attached hydrogen (secondary N) is 2. The van der Waals surface area contributed by atoms with E-state index in [0.717, 1.165) is 4.47 Å². The first-order valence-electron chi connectivity index (χ1n) is 9.22. The third kappa shape index (κ3) is 6.02. The van der Waals surface area contributed by atoms with Gasteiger partial charge in [-0.05, 0) is 60.8 Å². The highest BCUT2D eigenvalue weighted by atomic mass is 79.9. The number of esters is 1. The summed E-state index contributed by atoms with van der Waals surface area (Å²) in [5.41, 5.74) is 3.72. The molecule has 0 aliphatic heterocycles. The minimum atomic E-state index is -0.916. The number of rotatable bonds is 6. The smallest absolute Gasteiger partial charge is 0.353 e. The van der Waals surface area contributed by atoms with E-state index in [1.54, 1.807) is 66.9 Å². The Morgan fingerprint density at radius 1 is 1.00 bits per heavy atom. The highest BCUT2D eigenvalue weighted by molar-refractivity contribution is 9.10. The Hall–Kier alpha value is -3.50. The number of carbonyl (C=O) groups is 3. The number of hydrazone groups is 1. The maximum atomic E-state index is 12.2. The van der Waals surface area contributed by atoms with E-state index in [1.165, 1.54) is 18.4 Å². The molecule has 1 aromatic heterocycles. The largest absolute Gasteiger partial charge is 0.493 e.